The smallest absolute Gasteiger partial charge is 0.310 e. The van der Waals surface area contributed by atoms with Crippen LogP contribution in [0.5, 0.6) is 0 Å². The predicted molar refractivity (Wildman–Crippen MR) is 62.3 cm³/mol. The van der Waals surface area contributed by atoms with Gasteiger partial charge in [0.15, 0.2) is 0 Å². The zero-order chi connectivity index (χ0) is 13.0. The van der Waals surface area contributed by atoms with Gasteiger partial charge in [-0.15, -0.1) is 0 Å². The van der Waals surface area contributed by atoms with Gasteiger partial charge in [-0.3, -0.25) is 4.79 Å². The van der Waals surface area contributed by atoms with Crippen LogP contribution in [0.3, 0.4) is 0 Å². The Labute approximate surface area is 110 Å². The Hall–Kier alpha value is -1.30. The molecule has 0 bridgehead atoms. The van der Waals surface area contributed by atoms with Crippen molar-refractivity contribution in [1.82, 2.24) is 4.98 Å². The van der Waals surface area contributed by atoms with E-state index in [0.29, 0.717) is 9.13 Å². The third-order valence-electron chi connectivity index (χ3n) is 1.97. The fraction of sp³-hybridized carbons (Fsp3) is 0.300. The van der Waals surface area contributed by atoms with Crippen molar-refractivity contribution in [3.05, 3.63) is 26.6 Å². The summed E-state index contributed by atoms with van der Waals surface area (Å²) in [4.78, 5) is 14.6. The number of methoxy groups -OCH3 is 1. The summed E-state index contributed by atoms with van der Waals surface area (Å²) in [7, 11) is 1.21. The second-order valence-electron chi connectivity index (χ2n) is 3.02. The van der Waals surface area contributed by atoms with Gasteiger partial charge in [0, 0.05) is 9.13 Å². The number of pyridine rings is 1. The van der Waals surface area contributed by atoms with Gasteiger partial charge in [-0.1, -0.05) is 0 Å². The van der Waals surface area contributed by atoms with Crippen molar-refractivity contribution >= 4 is 28.6 Å². The van der Waals surface area contributed by atoms with Crippen LogP contribution in [0, 0.1) is 14.9 Å². The molecular weight excluding hydrogens is 345 g/mol. The number of nitriles is 1. The lowest BCUT2D eigenvalue weighted by atomic mass is 10.1. The lowest BCUT2D eigenvalue weighted by molar-refractivity contribution is -0.139. The number of esters is 1. The highest BCUT2D eigenvalue weighted by atomic mass is 127. The summed E-state index contributed by atoms with van der Waals surface area (Å²) in [6, 6.07) is 2.86. The first-order valence-electron chi connectivity index (χ1n) is 4.44. The second-order valence-corrected chi connectivity index (χ2v) is 4.18. The minimum atomic E-state index is -2.75. The minimum Gasteiger partial charge on any atom is -0.469 e. The van der Waals surface area contributed by atoms with Crippen LogP contribution in [-0.2, 0) is 16.0 Å². The van der Waals surface area contributed by atoms with Gasteiger partial charge in [-0.25, -0.2) is 13.8 Å². The van der Waals surface area contributed by atoms with E-state index in [-0.39, 0.29) is 12.1 Å². The van der Waals surface area contributed by atoms with E-state index in [4.69, 9.17) is 5.26 Å². The van der Waals surface area contributed by atoms with Gasteiger partial charge in [0.1, 0.15) is 17.5 Å². The summed E-state index contributed by atoms with van der Waals surface area (Å²) in [5, 5.41) is 8.82. The Morgan fingerprint density at radius 1 is 1.71 bits per heavy atom. The monoisotopic (exact) mass is 352 g/mol. The average Bonchev–Trinajstić information content (AvgIpc) is 2.30. The normalized spacial score (nSPS) is 10.1. The van der Waals surface area contributed by atoms with Crippen LogP contribution in [0.15, 0.2) is 6.07 Å². The van der Waals surface area contributed by atoms with Crippen LogP contribution in [0.4, 0.5) is 8.78 Å². The zero-order valence-corrected chi connectivity index (χ0v) is 10.9. The molecule has 1 heterocycles. The molecule has 0 aliphatic rings. The summed E-state index contributed by atoms with van der Waals surface area (Å²) >= 11 is 1.79. The minimum absolute atomic E-state index is 0.159. The van der Waals surface area contributed by atoms with Gasteiger partial charge >= 0.3 is 5.97 Å². The first-order valence-corrected chi connectivity index (χ1v) is 5.51. The second kappa shape index (κ2) is 5.86. The summed E-state index contributed by atoms with van der Waals surface area (Å²) in [6.45, 7) is 0. The van der Waals surface area contributed by atoms with Gasteiger partial charge in [0.05, 0.1) is 13.5 Å². The summed E-state index contributed by atoms with van der Waals surface area (Å²) in [5.74, 6) is -0.550. The molecule has 0 atom stereocenters. The van der Waals surface area contributed by atoms with Crippen LogP contribution in [0.1, 0.15) is 23.4 Å². The topological polar surface area (TPSA) is 63.0 Å². The van der Waals surface area contributed by atoms with Gasteiger partial charge in [-0.05, 0) is 28.7 Å². The van der Waals surface area contributed by atoms with Crippen molar-refractivity contribution in [2.75, 3.05) is 7.11 Å². The van der Waals surface area contributed by atoms with E-state index in [1.807, 2.05) is 0 Å². The molecule has 0 aliphatic heterocycles. The van der Waals surface area contributed by atoms with Crippen molar-refractivity contribution in [3.8, 4) is 6.07 Å². The van der Waals surface area contributed by atoms with E-state index in [1.54, 1.807) is 28.7 Å². The summed E-state index contributed by atoms with van der Waals surface area (Å²) in [6.07, 6.45) is -2.91. The van der Waals surface area contributed by atoms with Crippen molar-refractivity contribution in [2.45, 2.75) is 12.8 Å². The standard InChI is InChI=1S/C10H7F2IN2O2/c1-17-9(16)2-5-6(13)3-7(10(11)12)15-8(5)4-14/h3,10H,2H2,1H3. The summed E-state index contributed by atoms with van der Waals surface area (Å²) < 4.78 is 29.8. The molecule has 0 spiro atoms. The molecule has 0 saturated heterocycles. The number of hydrogen-bond donors (Lipinski definition) is 0. The molecule has 4 nitrogen and oxygen atoms in total. The molecule has 0 fully saturated rings. The number of alkyl halides is 2. The highest BCUT2D eigenvalue weighted by molar-refractivity contribution is 14.1. The van der Waals surface area contributed by atoms with E-state index in [0.717, 1.165) is 6.07 Å². The number of aromatic nitrogens is 1. The first-order chi connectivity index (χ1) is 7.99. The van der Waals surface area contributed by atoms with Gasteiger partial charge in [-0.2, -0.15) is 5.26 Å². The van der Waals surface area contributed by atoms with E-state index in [2.05, 4.69) is 9.72 Å². The van der Waals surface area contributed by atoms with Crippen molar-refractivity contribution in [1.29, 1.82) is 5.26 Å². The van der Waals surface area contributed by atoms with Gasteiger partial charge in [0.2, 0.25) is 0 Å². The fourth-order valence-corrected chi connectivity index (χ4v) is 1.91. The molecule has 0 unspecified atom stereocenters. The Bertz CT molecular complexity index is 486. The largest absolute Gasteiger partial charge is 0.469 e. The van der Waals surface area contributed by atoms with E-state index < -0.39 is 18.1 Å². The lowest BCUT2D eigenvalue weighted by Gasteiger charge is -2.07. The molecular formula is C10H7F2IN2O2. The maximum absolute atomic E-state index is 12.5. The molecule has 0 amide bonds. The molecule has 0 N–H and O–H groups in total. The Kier molecular flexibility index (Phi) is 4.74. The molecule has 1 aromatic rings. The highest BCUT2D eigenvalue weighted by Gasteiger charge is 2.18. The van der Waals surface area contributed by atoms with Crippen LogP contribution < -0.4 is 0 Å². The summed E-state index contributed by atoms with van der Waals surface area (Å²) in [5.41, 5.74) is -0.332. The molecule has 0 aromatic carbocycles. The van der Waals surface area contributed by atoms with E-state index in [9.17, 15) is 13.6 Å². The van der Waals surface area contributed by atoms with Crippen molar-refractivity contribution < 1.29 is 18.3 Å². The number of rotatable bonds is 3. The Morgan fingerprint density at radius 3 is 2.82 bits per heavy atom. The van der Waals surface area contributed by atoms with Crippen LogP contribution in [0.25, 0.3) is 0 Å². The molecule has 0 saturated carbocycles. The molecule has 0 aliphatic carbocycles. The molecule has 1 aromatic heterocycles. The quantitative estimate of drug-likeness (QED) is 0.618. The zero-order valence-electron chi connectivity index (χ0n) is 8.71. The number of hydrogen-bond acceptors (Lipinski definition) is 4. The number of nitrogens with zero attached hydrogens (tertiary/aromatic N) is 2. The molecule has 0 radical (unpaired) electrons. The molecule has 1 rings (SSSR count). The Balaban J connectivity index is 3.22. The SMILES string of the molecule is COC(=O)Cc1c(I)cc(C(F)F)nc1C#N. The maximum Gasteiger partial charge on any atom is 0.310 e. The van der Waals surface area contributed by atoms with Crippen molar-refractivity contribution in [3.63, 3.8) is 0 Å². The maximum atomic E-state index is 12.5. The van der Waals surface area contributed by atoms with Crippen LogP contribution in [-0.4, -0.2) is 18.1 Å². The van der Waals surface area contributed by atoms with Crippen molar-refractivity contribution in [2.24, 2.45) is 0 Å². The number of carbonyl (C=O) groups is 1. The molecule has 7 heteroatoms. The van der Waals surface area contributed by atoms with Crippen LogP contribution in [0.2, 0.25) is 0 Å². The van der Waals surface area contributed by atoms with Gasteiger partial charge in [0.25, 0.3) is 6.43 Å². The number of carbonyl (C=O) groups excluding carboxylic acids is 1. The number of halogens is 3. The van der Waals surface area contributed by atoms with E-state index >= 15 is 0 Å². The highest BCUT2D eigenvalue weighted by Crippen LogP contribution is 2.23. The Morgan fingerprint density at radius 2 is 2.35 bits per heavy atom. The predicted octanol–water partition coefficient (Wildman–Crippen LogP) is 2.21. The van der Waals surface area contributed by atoms with Gasteiger partial charge < -0.3 is 4.74 Å². The number of ether oxygens (including phenoxy) is 1. The van der Waals surface area contributed by atoms with Crippen LogP contribution >= 0.6 is 22.6 Å². The first kappa shape index (κ1) is 13.8. The average molecular weight is 352 g/mol. The third kappa shape index (κ3) is 3.33. The lowest BCUT2D eigenvalue weighted by Crippen LogP contribution is -2.10. The third-order valence-corrected chi connectivity index (χ3v) is 2.93. The molecule has 90 valence electrons. The molecule has 17 heavy (non-hydrogen) atoms. The fourth-order valence-electron chi connectivity index (χ4n) is 1.15. The van der Waals surface area contributed by atoms with E-state index in [1.165, 1.54) is 7.11 Å².